The van der Waals surface area contributed by atoms with Gasteiger partial charge in [0.2, 0.25) is 11.7 Å². The average Bonchev–Trinajstić information content (AvgIpc) is 3.05. The molecule has 1 amide bonds. The number of amides is 1. The first-order valence-corrected chi connectivity index (χ1v) is 7.50. The van der Waals surface area contributed by atoms with E-state index < -0.39 is 0 Å². The van der Waals surface area contributed by atoms with Crippen LogP contribution in [0.15, 0.2) is 34.9 Å². The van der Waals surface area contributed by atoms with Gasteiger partial charge < -0.3 is 9.73 Å². The van der Waals surface area contributed by atoms with E-state index in [1.54, 1.807) is 18.2 Å². The minimum absolute atomic E-state index is 0.114. The SMILES string of the molecule is O=C(c1ccco1)c1ccc(CNC(=O)C2CCC2)s1. The van der Waals surface area contributed by atoms with E-state index >= 15 is 0 Å². The van der Waals surface area contributed by atoms with Gasteiger partial charge in [-0.2, -0.15) is 0 Å². The molecule has 0 spiro atoms. The Labute approximate surface area is 120 Å². The molecular weight excluding hydrogens is 274 g/mol. The van der Waals surface area contributed by atoms with Gasteiger partial charge in [-0.05, 0) is 37.1 Å². The molecule has 0 radical (unpaired) electrons. The van der Waals surface area contributed by atoms with Crippen LogP contribution >= 0.6 is 11.3 Å². The van der Waals surface area contributed by atoms with Crippen molar-refractivity contribution in [3.63, 3.8) is 0 Å². The van der Waals surface area contributed by atoms with Gasteiger partial charge in [0, 0.05) is 10.8 Å². The first-order chi connectivity index (χ1) is 9.74. The van der Waals surface area contributed by atoms with E-state index in [-0.39, 0.29) is 17.6 Å². The standard InChI is InChI=1S/C15H15NO3S/c17-14(12-5-2-8-19-12)13-7-6-11(20-13)9-16-15(18)10-3-1-4-10/h2,5-8,10H,1,3-4,9H2,(H,16,18). The van der Waals surface area contributed by atoms with Crippen LogP contribution in [0.5, 0.6) is 0 Å². The summed E-state index contributed by atoms with van der Waals surface area (Å²) in [4.78, 5) is 25.4. The van der Waals surface area contributed by atoms with Crippen LogP contribution in [0.2, 0.25) is 0 Å². The first kappa shape index (κ1) is 13.1. The van der Waals surface area contributed by atoms with Gasteiger partial charge >= 0.3 is 0 Å². The number of furan rings is 1. The molecule has 1 aliphatic carbocycles. The van der Waals surface area contributed by atoms with Gasteiger partial charge in [-0.15, -0.1) is 11.3 Å². The summed E-state index contributed by atoms with van der Waals surface area (Å²) in [6.07, 6.45) is 4.64. The van der Waals surface area contributed by atoms with Crippen molar-refractivity contribution in [2.45, 2.75) is 25.8 Å². The minimum atomic E-state index is -0.114. The highest BCUT2D eigenvalue weighted by molar-refractivity contribution is 7.14. The number of ketones is 1. The second kappa shape index (κ2) is 5.63. The quantitative estimate of drug-likeness (QED) is 0.861. The zero-order valence-electron chi connectivity index (χ0n) is 10.9. The summed E-state index contributed by atoms with van der Waals surface area (Å²) >= 11 is 1.39. The Bertz CT molecular complexity index is 611. The van der Waals surface area contributed by atoms with Gasteiger partial charge in [-0.25, -0.2) is 0 Å². The summed E-state index contributed by atoms with van der Waals surface area (Å²) in [5.41, 5.74) is 0. The van der Waals surface area contributed by atoms with Crippen molar-refractivity contribution in [3.05, 3.63) is 46.0 Å². The molecule has 5 heteroatoms. The van der Waals surface area contributed by atoms with Crippen molar-refractivity contribution in [2.24, 2.45) is 5.92 Å². The van der Waals surface area contributed by atoms with Crippen molar-refractivity contribution in [3.8, 4) is 0 Å². The molecule has 2 aromatic rings. The lowest BCUT2D eigenvalue weighted by Crippen LogP contribution is -2.33. The van der Waals surface area contributed by atoms with Crippen molar-refractivity contribution in [1.29, 1.82) is 0 Å². The molecule has 0 aliphatic heterocycles. The number of rotatable bonds is 5. The third-order valence-electron chi connectivity index (χ3n) is 3.54. The van der Waals surface area contributed by atoms with Gasteiger partial charge in [-0.1, -0.05) is 6.42 Å². The number of hydrogen-bond donors (Lipinski definition) is 1. The molecule has 2 heterocycles. The lowest BCUT2D eigenvalue weighted by Gasteiger charge is -2.23. The Hall–Kier alpha value is -1.88. The molecule has 20 heavy (non-hydrogen) atoms. The Morgan fingerprint density at radius 2 is 2.15 bits per heavy atom. The number of thiophene rings is 1. The maximum absolute atomic E-state index is 12.1. The third-order valence-corrected chi connectivity index (χ3v) is 4.63. The Kier molecular flexibility index (Phi) is 3.69. The van der Waals surface area contributed by atoms with E-state index in [1.807, 2.05) is 6.07 Å². The normalized spacial score (nSPS) is 14.8. The molecule has 0 saturated heterocycles. The highest BCUT2D eigenvalue weighted by atomic mass is 32.1. The molecule has 0 aromatic carbocycles. The van der Waals surface area contributed by atoms with E-state index in [2.05, 4.69) is 5.32 Å². The second-order valence-corrected chi connectivity index (χ2v) is 6.09. The van der Waals surface area contributed by atoms with E-state index in [0.29, 0.717) is 17.2 Å². The van der Waals surface area contributed by atoms with Crippen molar-refractivity contribution >= 4 is 23.0 Å². The average molecular weight is 289 g/mol. The van der Waals surface area contributed by atoms with Crippen LogP contribution in [-0.2, 0) is 11.3 Å². The maximum atomic E-state index is 12.1. The summed E-state index contributed by atoms with van der Waals surface area (Å²) < 4.78 is 5.10. The number of nitrogens with one attached hydrogen (secondary N) is 1. The summed E-state index contributed by atoms with van der Waals surface area (Å²) in [5.74, 6) is 0.552. The fourth-order valence-corrected chi connectivity index (χ4v) is 3.01. The van der Waals surface area contributed by atoms with Crippen LogP contribution in [-0.4, -0.2) is 11.7 Å². The van der Waals surface area contributed by atoms with Crippen molar-refractivity contribution < 1.29 is 14.0 Å². The monoisotopic (exact) mass is 289 g/mol. The Balaban J connectivity index is 1.59. The lowest BCUT2D eigenvalue weighted by molar-refractivity contribution is -0.127. The van der Waals surface area contributed by atoms with E-state index in [9.17, 15) is 9.59 Å². The molecule has 1 aliphatic rings. The fourth-order valence-electron chi connectivity index (χ4n) is 2.11. The topological polar surface area (TPSA) is 59.3 Å². The van der Waals surface area contributed by atoms with Crippen LogP contribution in [0, 0.1) is 5.92 Å². The molecular formula is C15H15NO3S. The molecule has 2 aromatic heterocycles. The van der Waals surface area contributed by atoms with Crippen LogP contribution in [0.3, 0.4) is 0 Å². The Morgan fingerprint density at radius 3 is 2.80 bits per heavy atom. The molecule has 0 unspecified atom stereocenters. The molecule has 104 valence electrons. The van der Waals surface area contributed by atoms with Crippen LogP contribution in [0.4, 0.5) is 0 Å². The molecule has 1 fully saturated rings. The van der Waals surface area contributed by atoms with Gasteiger partial charge in [-0.3, -0.25) is 9.59 Å². The van der Waals surface area contributed by atoms with Gasteiger partial charge in [0.1, 0.15) is 0 Å². The Morgan fingerprint density at radius 1 is 1.30 bits per heavy atom. The van der Waals surface area contributed by atoms with E-state index in [4.69, 9.17) is 4.42 Å². The highest BCUT2D eigenvalue weighted by Gasteiger charge is 2.24. The molecule has 1 saturated carbocycles. The smallest absolute Gasteiger partial charge is 0.238 e. The van der Waals surface area contributed by atoms with Gasteiger partial charge in [0.25, 0.3) is 0 Å². The van der Waals surface area contributed by atoms with Crippen molar-refractivity contribution in [1.82, 2.24) is 5.32 Å². The van der Waals surface area contributed by atoms with Gasteiger partial charge in [0.15, 0.2) is 5.76 Å². The second-order valence-electron chi connectivity index (χ2n) is 4.92. The van der Waals surface area contributed by atoms with Crippen molar-refractivity contribution in [2.75, 3.05) is 0 Å². The summed E-state index contributed by atoms with van der Waals surface area (Å²) in [7, 11) is 0. The number of carbonyl (C=O) groups excluding carboxylic acids is 2. The zero-order chi connectivity index (χ0) is 13.9. The zero-order valence-corrected chi connectivity index (χ0v) is 11.7. The molecule has 3 rings (SSSR count). The summed E-state index contributed by atoms with van der Waals surface area (Å²) in [6.45, 7) is 0.492. The number of hydrogen-bond acceptors (Lipinski definition) is 4. The fraction of sp³-hybridized carbons (Fsp3) is 0.333. The lowest BCUT2D eigenvalue weighted by atomic mass is 9.85. The molecule has 0 bridgehead atoms. The molecule has 1 N–H and O–H groups in total. The van der Waals surface area contributed by atoms with Crippen LogP contribution < -0.4 is 5.32 Å². The van der Waals surface area contributed by atoms with Crippen LogP contribution in [0.1, 0.15) is 39.6 Å². The van der Waals surface area contributed by atoms with E-state index in [1.165, 1.54) is 17.6 Å². The molecule has 4 nitrogen and oxygen atoms in total. The predicted octanol–water partition coefficient (Wildman–Crippen LogP) is 2.99. The molecule has 0 atom stereocenters. The largest absolute Gasteiger partial charge is 0.461 e. The maximum Gasteiger partial charge on any atom is 0.238 e. The highest BCUT2D eigenvalue weighted by Crippen LogP contribution is 2.26. The first-order valence-electron chi connectivity index (χ1n) is 6.68. The summed E-state index contributed by atoms with van der Waals surface area (Å²) in [6, 6.07) is 7.00. The minimum Gasteiger partial charge on any atom is -0.461 e. The van der Waals surface area contributed by atoms with Gasteiger partial charge in [0.05, 0.1) is 17.7 Å². The predicted molar refractivity (Wildman–Crippen MR) is 75.6 cm³/mol. The van der Waals surface area contributed by atoms with Crippen LogP contribution in [0.25, 0.3) is 0 Å². The summed E-state index contributed by atoms with van der Waals surface area (Å²) in [5, 5.41) is 2.92. The van der Waals surface area contributed by atoms with E-state index in [0.717, 1.165) is 24.1 Å². The number of carbonyl (C=O) groups is 2. The third kappa shape index (κ3) is 2.67.